The summed E-state index contributed by atoms with van der Waals surface area (Å²) >= 11 is 5.93. The van der Waals surface area contributed by atoms with Gasteiger partial charge in [-0.2, -0.15) is 0 Å². The lowest BCUT2D eigenvalue weighted by Gasteiger charge is -2.19. The van der Waals surface area contributed by atoms with E-state index in [1.165, 1.54) is 6.07 Å². The van der Waals surface area contributed by atoms with Crippen molar-refractivity contribution in [1.82, 2.24) is 9.97 Å². The van der Waals surface area contributed by atoms with Crippen LogP contribution in [0, 0.1) is 13.8 Å². The van der Waals surface area contributed by atoms with Crippen molar-refractivity contribution in [3.8, 4) is 17.1 Å². The molecule has 10 heteroatoms. The van der Waals surface area contributed by atoms with E-state index in [1.54, 1.807) is 50.6 Å². The van der Waals surface area contributed by atoms with Crippen LogP contribution in [-0.4, -0.2) is 14.2 Å². The maximum atomic E-state index is 13.4. The van der Waals surface area contributed by atoms with Gasteiger partial charge < -0.3 is 13.6 Å². The molecule has 2 unspecified atom stereocenters. The number of hydrogen-bond donors (Lipinski definition) is 1. The number of nitrogens with zero attached hydrogens (tertiary/aromatic N) is 2. The Morgan fingerprint density at radius 2 is 1.97 bits per heavy atom. The molecule has 0 saturated heterocycles. The van der Waals surface area contributed by atoms with Crippen molar-refractivity contribution in [2.45, 2.75) is 31.9 Å². The zero-order valence-corrected chi connectivity index (χ0v) is 20.6. The van der Waals surface area contributed by atoms with Crippen LogP contribution in [0.15, 0.2) is 67.5 Å². The van der Waals surface area contributed by atoms with Gasteiger partial charge in [0, 0.05) is 29.0 Å². The monoisotopic (exact) mass is 509 g/mol. The van der Waals surface area contributed by atoms with E-state index < -0.39 is 17.1 Å². The number of rotatable bonds is 5. The highest BCUT2D eigenvalue weighted by molar-refractivity contribution is 7.82. The Balaban J connectivity index is 1.67. The zero-order valence-electron chi connectivity index (χ0n) is 19.0. The number of nitrogens with two attached hydrogens (primary N) is 1. The van der Waals surface area contributed by atoms with Crippen LogP contribution in [0.1, 0.15) is 29.7 Å². The summed E-state index contributed by atoms with van der Waals surface area (Å²) in [4.78, 5) is 21.8. The molecule has 8 nitrogen and oxygen atoms in total. The smallest absolute Gasteiger partial charge is 0.196 e. The maximum Gasteiger partial charge on any atom is 0.196 e. The lowest BCUT2D eigenvalue weighted by Crippen LogP contribution is -2.13. The van der Waals surface area contributed by atoms with Crippen LogP contribution in [-0.2, 0) is 11.0 Å². The van der Waals surface area contributed by atoms with Crippen LogP contribution in [0.25, 0.3) is 33.4 Å². The molecule has 0 aliphatic heterocycles. The molecule has 178 valence electrons. The number of hydrogen-bond acceptors (Lipinski definition) is 7. The summed E-state index contributed by atoms with van der Waals surface area (Å²) in [6, 6.07) is 10.3. The molecule has 2 N–H and O–H groups in total. The van der Waals surface area contributed by atoms with Gasteiger partial charge in [-0.3, -0.25) is 9.78 Å². The third-order valence-electron chi connectivity index (χ3n) is 5.68. The first-order valence-electron chi connectivity index (χ1n) is 10.6. The van der Waals surface area contributed by atoms with Crippen molar-refractivity contribution in [2.24, 2.45) is 5.14 Å². The van der Waals surface area contributed by atoms with Gasteiger partial charge in [0.25, 0.3) is 0 Å². The summed E-state index contributed by atoms with van der Waals surface area (Å²) in [5.74, 6) is 0.613. The fourth-order valence-electron chi connectivity index (χ4n) is 4.01. The van der Waals surface area contributed by atoms with Gasteiger partial charge in [0.05, 0.1) is 11.6 Å². The third kappa shape index (κ3) is 4.22. The summed E-state index contributed by atoms with van der Waals surface area (Å²) in [6.45, 7) is 5.40. The molecule has 0 fully saturated rings. The van der Waals surface area contributed by atoms with Crippen LogP contribution in [0.3, 0.4) is 0 Å². The van der Waals surface area contributed by atoms with Gasteiger partial charge in [-0.25, -0.2) is 14.3 Å². The second-order valence-corrected chi connectivity index (χ2v) is 9.51. The molecule has 0 spiro atoms. The Kier molecular flexibility index (Phi) is 5.92. The Bertz CT molecular complexity index is 1690. The van der Waals surface area contributed by atoms with Crippen molar-refractivity contribution in [1.29, 1.82) is 0 Å². The molecule has 0 bridgehead atoms. The van der Waals surface area contributed by atoms with Gasteiger partial charge in [0.1, 0.15) is 39.1 Å². The number of ether oxygens (including phenoxy) is 1. The van der Waals surface area contributed by atoms with Crippen molar-refractivity contribution in [3.05, 3.63) is 80.9 Å². The predicted molar refractivity (Wildman–Crippen MR) is 134 cm³/mol. The van der Waals surface area contributed by atoms with Crippen molar-refractivity contribution >= 4 is 44.7 Å². The highest BCUT2D eigenvalue weighted by atomic mass is 35.5. The number of fused-ring (bicyclic) bond motifs is 2. The Hall–Kier alpha value is -3.53. The third-order valence-corrected chi connectivity index (χ3v) is 6.56. The van der Waals surface area contributed by atoms with Gasteiger partial charge in [-0.15, -0.1) is 0 Å². The van der Waals surface area contributed by atoms with E-state index in [9.17, 15) is 9.00 Å². The maximum absolute atomic E-state index is 13.4. The average Bonchev–Trinajstić information content (AvgIpc) is 3.30. The van der Waals surface area contributed by atoms with Crippen molar-refractivity contribution in [3.63, 3.8) is 0 Å². The lowest BCUT2D eigenvalue weighted by atomic mass is 10.00. The standard InChI is InChI=1S/C25H20ClN3O5S/c1-12-8-16(14(3)33-19-4-5-21(26)29-25(19)35(27)31)24-17(9-12)22(30)13(2)23(34-24)15-10-20-18(28-11-15)6-7-32-20/h4-11,14H,27H2,1-3H3. The van der Waals surface area contributed by atoms with Gasteiger partial charge >= 0.3 is 0 Å². The van der Waals surface area contributed by atoms with Gasteiger partial charge in [-0.1, -0.05) is 11.6 Å². The molecule has 2 atom stereocenters. The minimum Gasteiger partial charge on any atom is -0.483 e. The van der Waals surface area contributed by atoms with E-state index in [-0.39, 0.29) is 21.4 Å². The van der Waals surface area contributed by atoms with Gasteiger partial charge in [0.2, 0.25) is 0 Å². The summed E-state index contributed by atoms with van der Waals surface area (Å²) in [7, 11) is -1.91. The first kappa shape index (κ1) is 23.2. The fourth-order valence-corrected chi connectivity index (χ4v) is 4.71. The second kappa shape index (κ2) is 8.92. The molecule has 0 radical (unpaired) electrons. The summed E-state index contributed by atoms with van der Waals surface area (Å²) in [5.41, 5.74) is 4.08. The van der Waals surface area contributed by atoms with Crippen molar-refractivity contribution in [2.75, 3.05) is 0 Å². The SMILES string of the molecule is Cc1cc(C(C)Oc2ccc(Cl)nc2S(N)=O)c2oc(-c3cnc4ccoc4c3)c(C)c(=O)c2c1. The first-order valence-corrected chi connectivity index (χ1v) is 12.2. The molecule has 0 saturated carbocycles. The molecule has 0 aliphatic rings. The van der Waals surface area contributed by atoms with E-state index in [2.05, 4.69) is 9.97 Å². The van der Waals surface area contributed by atoms with E-state index in [1.807, 2.05) is 13.0 Å². The summed E-state index contributed by atoms with van der Waals surface area (Å²) in [5, 5.41) is 6.17. The number of benzene rings is 1. The average molecular weight is 510 g/mol. The van der Waals surface area contributed by atoms with Gasteiger partial charge in [0.15, 0.2) is 21.8 Å². The quantitative estimate of drug-likeness (QED) is 0.315. The Morgan fingerprint density at radius 1 is 1.17 bits per heavy atom. The number of halogens is 1. The minimum absolute atomic E-state index is 0.0251. The van der Waals surface area contributed by atoms with Crippen LogP contribution in [0.5, 0.6) is 5.75 Å². The Labute approximate surface area is 207 Å². The normalized spacial score (nSPS) is 13.3. The van der Waals surface area contributed by atoms with Crippen LogP contribution < -0.4 is 15.3 Å². The molecular formula is C25H20ClN3O5S. The van der Waals surface area contributed by atoms with Gasteiger partial charge in [-0.05, 0) is 56.7 Å². The van der Waals surface area contributed by atoms with Crippen LogP contribution >= 0.6 is 11.6 Å². The van der Waals surface area contributed by atoms with E-state index in [0.717, 1.165) is 5.56 Å². The Morgan fingerprint density at radius 3 is 2.74 bits per heavy atom. The molecule has 5 rings (SSSR count). The van der Waals surface area contributed by atoms with E-state index >= 15 is 0 Å². The largest absolute Gasteiger partial charge is 0.483 e. The molecular weight excluding hydrogens is 490 g/mol. The van der Waals surface area contributed by atoms with Crippen LogP contribution in [0.4, 0.5) is 0 Å². The van der Waals surface area contributed by atoms with E-state index in [0.29, 0.717) is 44.5 Å². The topological polar surface area (TPSA) is 121 Å². The molecule has 4 aromatic heterocycles. The van der Waals surface area contributed by atoms with Crippen molar-refractivity contribution < 1.29 is 17.8 Å². The number of pyridine rings is 2. The highest BCUT2D eigenvalue weighted by Crippen LogP contribution is 2.34. The molecule has 35 heavy (non-hydrogen) atoms. The number of furan rings is 1. The molecule has 1 aromatic carbocycles. The predicted octanol–water partition coefficient (Wildman–Crippen LogP) is 5.39. The second-order valence-electron chi connectivity index (χ2n) is 8.14. The minimum atomic E-state index is -1.91. The van der Waals surface area contributed by atoms with Crippen LogP contribution in [0.2, 0.25) is 5.15 Å². The summed E-state index contributed by atoms with van der Waals surface area (Å²) < 4.78 is 29.9. The fraction of sp³-hybridized carbons (Fsp3) is 0.160. The zero-order chi connectivity index (χ0) is 24.9. The molecule has 5 aromatic rings. The first-order chi connectivity index (χ1) is 16.7. The molecule has 4 heterocycles. The summed E-state index contributed by atoms with van der Waals surface area (Å²) in [6.07, 6.45) is 2.59. The number of aromatic nitrogens is 2. The molecule has 0 aliphatic carbocycles. The lowest BCUT2D eigenvalue weighted by molar-refractivity contribution is 0.219. The molecule has 0 amide bonds. The highest BCUT2D eigenvalue weighted by Gasteiger charge is 2.22. The number of aryl methyl sites for hydroxylation is 1. The van der Waals surface area contributed by atoms with E-state index in [4.69, 9.17) is 30.3 Å².